The molecule has 1 amide bonds. The van der Waals surface area contributed by atoms with E-state index in [1.807, 2.05) is 25.1 Å². The second kappa shape index (κ2) is 6.30. The molecule has 1 aliphatic heterocycles. The van der Waals surface area contributed by atoms with Crippen LogP contribution in [-0.2, 0) is 9.53 Å². The van der Waals surface area contributed by atoms with Crippen LogP contribution in [0.1, 0.15) is 26.2 Å². The number of ether oxygens (including phenoxy) is 1. The van der Waals surface area contributed by atoms with E-state index in [-0.39, 0.29) is 12.0 Å². The van der Waals surface area contributed by atoms with Gasteiger partial charge >= 0.3 is 0 Å². The highest BCUT2D eigenvalue weighted by molar-refractivity contribution is 7.22. The van der Waals surface area contributed by atoms with Gasteiger partial charge in [-0.1, -0.05) is 35.9 Å². The van der Waals surface area contributed by atoms with Gasteiger partial charge in [0.1, 0.15) is 5.52 Å². The van der Waals surface area contributed by atoms with Crippen molar-refractivity contribution >= 4 is 44.2 Å². The summed E-state index contributed by atoms with van der Waals surface area (Å²) < 4.78 is 6.65. The topological polar surface area (TPSA) is 42.4 Å². The molecule has 1 saturated heterocycles. The van der Waals surface area contributed by atoms with E-state index >= 15 is 0 Å². The number of amides is 1. The molecule has 2 heterocycles. The summed E-state index contributed by atoms with van der Waals surface area (Å²) in [4.78, 5) is 18.6. The highest BCUT2D eigenvalue weighted by atomic mass is 35.5. The van der Waals surface area contributed by atoms with Gasteiger partial charge in [0.05, 0.1) is 22.4 Å². The number of hydrogen-bond acceptors (Lipinski definition) is 4. The Morgan fingerprint density at radius 2 is 2.43 bits per heavy atom. The van der Waals surface area contributed by atoms with Crippen LogP contribution in [0, 0.1) is 0 Å². The minimum absolute atomic E-state index is 0.0701. The molecule has 21 heavy (non-hydrogen) atoms. The zero-order valence-electron chi connectivity index (χ0n) is 11.8. The molecule has 1 fully saturated rings. The molecular weight excluding hydrogens is 308 g/mol. The van der Waals surface area contributed by atoms with Gasteiger partial charge in [0.2, 0.25) is 5.91 Å². The third-order valence-corrected chi connectivity index (χ3v) is 4.95. The van der Waals surface area contributed by atoms with Crippen molar-refractivity contribution in [3.8, 4) is 0 Å². The Balaban J connectivity index is 1.93. The van der Waals surface area contributed by atoms with Crippen molar-refractivity contribution in [2.24, 2.45) is 0 Å². The van der Waals surface area contributed by atoms with Crippen molar-refractivity contribution in [3.05, 3.63) is 23.2 Å². The van der Waals surface area contributed by atoms with Gasteiger partial charge in [0.25, 0.3) is 0 Å². The number of para-hydroxylation sites is 1. The maximum atomic E-state index is 12.3. The lowest BCUT2D eigenvalue weighted by molar-refractivity contribution is -0.118. The van der Waals surface area contributed by atoms with Crippen LogP contribution < -0.4 is 4.90 Å². The van der Waals surface area contributed by atoms with Gasteiger partial charge in [-0.15, -0.1) is 0 Å². The quantitative estimate of drug-likeness (QED) is 0.857. The van der Waals surface area contributed by atoms with Crippen LogP contribution in [0.25, 0.3) is 10.2 Å². The smallest absolute Gasteiger partial charge is 0.228 e. The molecule has 0 radical (unpaired) electrons. The summed E-state index contributed by atoms with van der Waals surface area (Å²) in [5.41, 5.74) is 0.764. The average molecular weight is 325 g/mol. The third-order valence-electron chi connectivity index (χ3n) is 3.60. The predicted octanol–water partition coefficient (Wildman–Crippen LogP) is 3.87. The standard InChI is InChI=1S/C15H17ClN2O2S/c1-2-13(19)18(9-10-5-4-8-20-10)15-17-14-11(16)6-3-7-12(14)21-15/h3,6-7,10H,2,4-5,8-9H2,1H3. The lowest BCUT2D eigenvalue weighted by atomic mass is 10.2. The predicted molar refractivity (Wildman–Crippen MR) is 86.2 cm³/mol. The normalized spacial score (nSPS) is 18.3. The molecule has 1 atom stereocenters. The number of hydrogen-bond donors (Lipinski definition) is 0. The molecule has 6 heteroatoms. The van der Waals surface area contributed by atoms with E-state index < -0.39 is 0 Å². The van der Waals surface area contributed by atoms with Crippen molar-refractivity contribution in [2.45, 2.75) is 32.3 Å². The van der Waals surface area contributed by atoms with Gasteiger partial charge < -0.3 is 4.74 Å². The second-order valence-corrected chi connectivity index (χ2v) is 6.49. The fourth-order valence-corrected chi connectivity index (χ4v) is 3.78. The first-order chi connectivity index (χ1) is 10.2. The number of thiazole rings is 1. The minimum atomic E-state index is 0.0701. The average Bonchev–Trinajstić information content (AvgIpc) is 3.13. The number of carbonyl (C=O) groups excluding carboxylic acids is 1. The van der Waals surface area contributed by atoms with Gasteiger partial charge in [-0.05, 0) is 25.0 Å². The summed E-state index contributed by atoms with van der Waals surface area (Å²) in [6.45, 7) is 3.22. The number of anilines is 1. The molecule has 0 N–H and O–H groups in total. The number of carbonyl (C=O) groups is 1. The summed E-state index contributed by atoms with van der Waals surface area (Å²) >= 11 is 7.68. The Morgan fingerprint density at radius 1 is 1.57 bits per heavy atom. The largest absolute Gasteiger partial charge is 0.376 e. The number of halogens is 1. The van der Waals surface area contributed by atoms with Gasteiger partial charge in [0.15, 0.2) is 5.13 Å². The Kier molecular flexibility index (Phi) is 4.42. The number of benzene rings is 1. The monoisotopic (exact) mass is 324 g/mol. The summed E-state index contributed by atoms with van der Waals surface area (Å²) in [6, 6.07) is 5.70. The van der Waals surface area contributed by atoms with Crippen molar-refractivity contribution in [1.29, 1.82) is 0 Å². The Morgan fingerprint density at radius 3 is 3.10 bits per heavy atom. The highest BCUT2D eigenvalue weighted by Crippen LogP contribution is 2.33. The first-order valence-corrected chi connectivity index (χ1v) is 8.35. The van der Waals surface area contributed by atoms with Crippen LogP contribution >= 0.6 is 22.9 Å². The fraction of sp³-hybridized carbons (Fsp3) is 0.467. The molecule has 0 aliphatic carbocycles. The van der Waals surface area contributed by atoms with E-state index in [1.165, 1.54) is 11.3 Å². The summed E-state index contributed by atoms with van der Waals surface area (Å²) in [5, 5.41) is 1.33. The van der Waals surface area contributed by atoms with Crippen LogP contribution in [0.5, 0.6) is 0 Å². The molecule has 0 bridgehead atoms. The molecule has 2 aromatic rings. The van der Waals surface area contributed by atoms with Crippen molar-refractivity contribution in [2.75, 3.05) is 18.1 Å². The fourth-order valence-electron chi connectivity index (χ4n) is 2.49. The van der Waals surface area contributed by atoms with E-state index in [9.17, 15) is 4.79 Å². The van der Waals surface area contributed by atoms with E-state index in [0.717, 1.165) is 29.7 Å². The molecular formula is C15H17ClN2O2S. The Hall–Kier alpha value is -1.17. The van der Waals surface area contributed by atoms with Crippen LogP contribution in [0.2, 0.25) is 5.02 Å². The van der Waals surface area contributed by atoms with Gasteiger partial charge in [-0.25, -0.2) is 4.98 Å². The van der Waals surface area contributed by atoms with Gasteiger partial charge in [0, 0.05) is 13.0 Å². The van der Waals surface area contributed by atoms with Crippen LogP contribution in [0.3, 0.4) is 0 Å². The van der Waals surface area contributed by atoms with E-state index in [1.54, 1.807) is 4.90 Å². The first kappa shape index (κ1) is 14.8. The van der Waals surface area contributed by atoms with E-state index in [0.29, 0.717) is 23.1 Å². The van der Waals surface area contributed by atoms with E-state index in [2.05, 4.69) is 4.98 Å². The molecule has 112 valence electrons. The molecule has 1 aromatic carbocycles. The van der Waals surface area contributed by atoms with E-state index in [4.69, 9.17) is 16.3 Å². The van der Waals surface area contributed by atoms with Crippen LogP contribution in [0.15, 0.2) is 18.2 Å². The summed E-state index contributed by atoms with van der Waals surface area (Å²) in [5.74, 6) is 0.0701. The lowest BCUT2D eigenvalue weighted by Crippen LogP contribution is -2.37. The minimum Gasteiger partial charge on any atom is -0.376 e. The SMILES string of the molecule is CCC(=O)N(CC1CCCO1)c1nc2c(Cl)cccc2s1. The molecule has 3 rings (SSSR count). The molecule has 0 spiro atoms. The molecule has 1 unspecified atom stereocenters. The lowest BCUT2D eigenvalue weighted by Gasteiger charge is -2.22. The highest BCUT2D eigenvalue weighted by Gasteiger charge is 2.25. The molecule has 1 aromatic heterocycles. The summed E-state index contributed by atoms with van der Waals surface area (Å²) in [7, 11) is 0. The maximum Gasteiger partial charge on any atom is 0.228 e. The number of rotatable bonds is 4. The van der Waals surface area contributed by atoms with Gasteiger partial charge in [-0.3, -0.25) is 9.69 Å². The van der Waals surface area contributed by atoms with Gasteiger partial charge in [-0.2, -0.15) is 0 Å². The zero-order valence-corrected chi connectivity index (χ0v) is 13.4. The number of fused-ring (bicyclic) bond motifs is 1. The zero-order chi connectivity index (χ0) is 14.8. The van der Waals surface area contributed by atoms with Crippen molar-refractivity contribution in [3.63, 3.8) is 0 Å². The van der Waals surface area contributed by atoms with Crippen molar-refractivity contribution < 1.29 is 9.53 Å². The molecule has 1 aliphatic rings. The first-order valence-electron chi connectivity index (χ1n) is 7.16. The van der Waals surface area contributed by atoms with Crippen LogP contribution in [-0.4, -0.2) is 30.1 Å². The Labute approximate surface area is 132 Å². The number of nitrogens with zero attached hydrogens (tertiary/aromatic N) is 2. The molecule has 4 nitrogen and oxygen atoms in total. The van der Waals surface area contributed by atoms with Crippen LogP contribution in [0.4, 0.5) is 5.13 Å². The molecule has 0 saturated carbocycles. The third kappa shape index (κ3) is 3.05. The Bertz CT molecular complexity index is 652. The van der Waals surface area contributed by atoms with Crippen molar-refractivity contribution in [1.82, 2.24) is 4.98 Å². The number of aromatic nitrogens is 1. The maximum absolute atomic E-state index is 12.3. The second-order valence-electron chi connectivity index (χ2n) is 5.08. The summed E-state index contributed by atoms with van der Waals surface area (Å²) in [6.07, 6.45) is 2.63.